The van der Waals surface area contributed by atoms with Gasteiger partial charge in [0.05, 0.1) is 5.56 Å². The first kappa shape index (κ1) is 17.5. The van der Waals surface area contributed by atoms with E-state index in [4.69, 9.17) is 15.9 Å². The number of hydrogen-bond acceptors (Lipinski definition) is 8. The quantitative estimate of drug-likeness (QED) is 0.398. The molecule has 0 aliphatic rings. The van der Waals surface area contributed by atoms with Crippen molar-refractivity contribution in [3.63, 3.8) is 0 Å². The molecule has 1 amide bonds. The Bertz CT molecular complexity index is 540. The van der Waals surface area contributed by atoms with E-state index in [9.17, 15) is 4.79 Å². The fraction of sp³-hybridized carbons (Fsp3) is 0.538. The first-order valence-corrected chi connectivity index (χ1v) is 6.93. The highest BCUT2D eigenvalue weighted by atomic mass is 16.6. The van der Waals surface area contributed by atoms with Gasteiger partial charge < -0.3 is 21.2 Å². The van der Waals surface area contributed by atoms with Gasteiger partial charge in [0.25, 0.3) is 0 Å². The molecule has 9 heteroatoms. The number of rotatable bonds is 6. The van der Waals surface area contributed by atoms with Crippen LogP contribution in [0.3, 0.4) is 0 Å². The molecule has 1 heterocycles. The number of anilines is 3. The number of amides is 1. The minimum Gasteiger partial charge on any atom is -0.443 e. The Morgan fingerprint density at radius 2 is 2.00 bits per heavy atom. The summed E-state index contributed by atoms with van der Waals surface area (Å²) in [5, 5.41) is 10.5. The Kier molecular flexibility index (Phi) is 5.90. The largest absolute Gasteiger partial charge is 0.443 e. The van der Waals surface area contributed by atoms with Gasteiger partial charge in [0.2, 0.25) is 5.95 Å². The van der Waals surface area contributed by atoms with Crippen LogP contribution < -0.4 is 21.9 Å². The molecule has 122 valence electrons. The number of nitrogens with one attached hydrogen (secondary N) is 4. The zero-order chi connectivity index (χ0) is 16.8. The highest BCUT2D eigenvalue weighted by Gasteiger charge is 2.17. The third-order valence-electron chi connectivity index (χ3n) is 2.33. The number of carbonyl (C=O) groups excluding carboxylic acids is 1. The summed E-state index contributed by atoms with van der Waals surface area (Å²) in [6, 6.07) is 0. The second-order valence-electron chi connectivity index (χ2n) is 5.52. The van der Waals surface area contributed by atoms with Gasteiger partial charge in [-0.25, -0.2) is 10.2 Å². The van der Waals surface area contributed by atoms with E-state index in [0.29, 0.717) is 17.9 Å². The normalized spacial score (nSPS) is 10.7. The predicted molar refractivity (Wildman–Crippen MR) is 86.1 cm³/mol. The number of nitrogens with zero attached hydrogens (tertiary/aromatic N) is 2. The Morgan fingerprint density at radius 1 is 1.36 bits per heavy atom. The number of carbonyl (C=O) groups is 1. The zero-order valence-electron chi connectivity index (χ0n) is 13.3. The van der Waals surface area contributed by atoms with Crippen molar-refractivity contribution in [2.24, 2.45) is 0 Å². The highest BCUT2D eigenvalue weighted by molar-refractivity contribution is 5.91. The molecular formula is C13H23N7O2. The van der Waals surface area contributed by atoms with Gasteiger partial charge >= 0.3 is 6.09 Å². The van der Waals surface area contributed by atoms with Gasteiger partial charge in [-0.2, -0.15) is 9.97 Å². The third-order valence-corrected chi connectivity index (χ3v) is 2.33. The van der Waals surface area contributed by atoms with Gasteiger partial charge in [-0.3, -0.25) is 5.43 Å². The average molecular weight is 309 g/mol. The summed E-state index contributed by atoms with van der Waals surface area (Å²) in [7, 11) is 0. The summed E-state index contributed by atoms with van der Waals surface area (Å²) in [4.78, 5) is 19.7. The maximum atomic E-state index is 11.6. The maximum absolute atomic E-state index is 11.6. The van der Waals surface area contributed by atoms with E-state index >= 15 is 0 Å². The maximum Gasteiger partial charge on any atom is 0.426 e. The number of nitrogens with two attached hydrogens (primary N) is 1. The zero-order valence-corrected chi connectivity index (χ0v) is 13.3. The van der Waals surface area contributed by atoms with E-state index in [-0.39, 0.29) is 11.8 Å². The number of ether oxygens (including phenoxy) is 1. The number of nitrogen functional groups attached to an aromatic ring is 1. The average Bonchev–Trinajstić information content (AvgIpc) is 2.40. The van der Waals surface area contributed by atoms with Crippen molar-refractivity contribution in [3.05, 3.63) is 5.56 Å². The Labute approximate surface area is 129 Å². The first-order chi connectivity index (χ1) is 10.3. The van der Waals surface area contributed by atoms with Crippen LogP contribution in [-0.4, -0.2) is 34.4 Å². The van der Waals surface area contributed by atoms with Crippen LogP contribution in [0.25, 0.3) is 0 Å². The van der Waals surface area contributed by atoms with Crippen LogP contribution in [0, 0.1) is 5.41 Å². The summed E-state index contributed by atoms with van der Waals surface area (Å²) in [6.07, 6.45) is 1.31. The van der Waals surface area contributed by atoms with Gasteiger partial charge in [0.1, 0.15) is 11.4 Å². The van der Waals surface area contributed by atoms with Crippen LogP contribution in [0.15, 0.2) is 0 Å². The molecule has 1 aromatic rings. The molecule has 0 unspecified atom stereocenters. The van der Waals surface area contributed by atoms with Crippen molar-refractivity contribution in [2.45, 2.75) is 39.7 Å². The molecule has 6 N–H and O–H groups in total. The van der Waals surface area contributed by atoms with Crippen molar-refractivity contribution in [1.29, 1.82) is 5.41 Å². The molecule has 9 nitrogen and oxygen atoms in total. The van der Waals surface area contributed by atoms with E-state index in [0.717, 1.165) is 12.6 Å². The van der Waals surface area contributed by atoms with Crippen LogP contribution in [0.1, 0.15) is 39.7 Å². The lowest BCUT2D eigenvalue weighted by Crippen LogP contribution is -2.36. The molecule has 0 radical (unpaired) electrons. The van der Waals surface area contributed by atoms with E-state index in [1.54, 1.807) is 20.8 Å². The van der Waals surface area contributed by atoms with Crippen LogP contribution in [0.2, 0.25) is 0 Å². The molecule has 1 rings (SSSR count). The molecule has 0 aliphatic heterocycles. The van der Waals surface area contributed by atoms with Crippen molar-refractivity contribution >= 4 is 29.9 Å². The molecule has 0 fully saturated rings. The van der Waals surface area contributed by atoms with E-state index in [1.165, 1.54) is 0 Å². The Morgan fingerprint density at radius 3 is 2.55 bits per heavy atom. The lowest BCUT2D eigenvalue weighted by Gasteiger charge is -2.20. The summed E-state index contributed by atoms with van der Waals surface area (Å²) >= 11 is 0. The number of hydrogen-bond donors (Lipinski definition) is 5. The smallest absolute Gasteiger partial charge is 0.426 e. The monoisotopic (exact) mass is 309 g/mol. The second kappa shape index (κ2) is 7.43. The van der Waals surface area contributed by atoms with Crippen LogP contribution in [0.5, 0.6) is 0 Å². The molecule has 0 aliphatic carbocycles. The standard InChI is InChI=1S/C13H23N7O2/c1-5-6-16-9-8(7-14)10(18-11(15)17-9)19-20-12(21)22-13(2,3)4/h7,14H,5-6H2,1-4H3,(H,20,21)(H4,15,16,17,18,19). The minimum atomic E-state index is -0.663. The second-order valence-corrected chi connectivity index (χ2v) is 5.52. The van der Waals surface area contributed by atoms with E-state index in [1.807, 2.05) is 6.92 Å². The third kappa shape index (κ3) is 5.43. The highest BCUT2D eigenvalue weighted by Crippen LogP contribution is 2.19. The lowest BCUT2D eigenvalue weighted by molar-refractivity contribution is 0.0541. The Hall–Kier alpha value is -2.58. The van der Waals surface area contributed by atoms with Crippen LogP contribution in [-0.2, 0) is 4.74 Å². The van der Waals surface area contributed by atoms with Crippen molar-refractivity contribution in [1.82, 2.24) is 15.4 Å². The molecule has 0 saturated carbocycles. The summed E-state index contributed by atoms with van der Waals surface area (Å²) in [5.74, 6) is 0.669. The Balaban J connectivity index is 2.87. The molecule has 0 aromatic carbocycles. The lowest BCUT2D eigenvalue weighted by atomic mass is 10.2. The van der Waals surface area contributed by atoms with Gasteiger partial charge in [-0.15, -0.1) is 0 Å². The van der Waals surface area contributed by atoms with Crippen molar-refractivity contribution in [3.8, 4) is 0 Å². The molecule has 1 aromatic heterocycles. The van der Waals surface area contributed by atoms with Crippen molar-refractivity contribution in [2.75, 3.05) is 23.0 Å². The van der Waals surface area contributed by atoms with Crippen molar-refractivity contribution < 1.29 is 9.53 Å². The minimum absolute atomic E-state index is 0.0256. The molecule has 22 heavy (non-hydrogen) atoms. The molecule has 0 bridgehead atoms. The summed E-state index contributed by atoms with van der Waals surface area (Å²) < 4.78 is 5.10. The fourth-order valence-electron chi connectivity index (χ4n) is 1.51. The first-order valence-electron chi connectivity index (χ1n) is 6.93. The van der Waals surface area contributed by atoms with E-state index in [2.05, 4.69) is 26.1 Å². The number of hydrazine groups is 1. The molecule has 0 atom stereocenters. The molecule has 0 saturated heterocycles. The fourth-order valence-corrected chi connectivity index (χ4v) is 1.51. The van der Waals surface area contributed by atoms with Crippen LogP contribution in [0.4, 0.5) is 22.4 Å². The van der Waals surface area contributed by atoms with Gasteiger partial charge in [0.15, 0.2) is 5.82 Å². The summed E-state index contributed by atoms with van der Waals surface area (Å²) in [5.41, 5.74) is 10.4. The van der Waals surface area contributed by atoms with E-state index < -0.39 is 11.7 Å². The van der Waals surface area contributed by atoms with Crippen LogP contribution >= 0.6 is 0 Å². The summed E-state index contributed by atoms with van der Waals surface area (Å²) in [6.45, 7) is 7.95. The van der Waals surface area contributed by atoms with Gasteiger partial charge in [-0.1, -0.05) is 6.92 Å². The molecule has 0 spiro atoms. The number of aromatic nitrogens is 2. The SMILES string of the molecule is CCCNc1nc(N)nc(NNC(=O)OC(C)(C)C)c1C=N. The molecular weight excluding hydrogens is 286 g/mol. The topological polar surface area (TPSA) is 138 Å². The van der Waals surface area contributed by atoms with Gasteiger partial charge in [-0.05, 0) is 27.2 Å². The predicted octanol–water partition coefficient (Wildman–Crippen LogP) is 1.73. The van der Waals surface area contributed by atoms with Gasteiger partial charge in [0, 0.05) is 12.8 Å².